The Morgan fingerprint density at radius 3 is 2.64 bits per heavy atom. The molecule has 0 aromatic rings. The van der Waals surface area contributed by atoms with Crippen molar-refractivity contribution in [2.24, 2.45) is 10.7 Å². The number of guanidine groups is 1. The number of nitrogens with one attached hydrogen (secondary N) is 1. The van der Waals surface area contributed by atoms with Crippen LogP contribution < -0.4 is 11.1 Å². The number of likely N-dealkylation sites (N-methyl/N-ethyl adjacent to an activating group) is 2. The second-order valence-electron chi connectivity index (χ2n) is 7.14. The van der Waals surface area contributed by atoms with Crippen molar-refractivity contribution in [3.8, 4) is 0 Å². The van der Waals surface area contributed by atoms with Gasteiger partial charge in [-0.1, -0.05) is 6.92 Å². The van der Waals surface area contributed by atoms with Crippen LogP contribution >= 0.6 is 24.0 Å². The third kappa shape index (κ3) is 9.48. The lowest BCUT2D eigenvalue weighted by Crippen LogP contribution is -2.43. The van der Waals surface area contributed by atoms with Crippen LogP contribution in [0.5, 0.6) is 0 Å². The third-order valence-corrected chi connectivity index (χ3v) is 4.10. The van der Waals surface area contributed by atoms with E-state index >= 15 is 0 Å². The molecule has 0 spiro atoms. The van der Waals surface area contributed by atoms with Gasteiger partial charge in [-0.2, -0.15) is 0 Å². The van der Waals surface area contributed by atoms with Crippen molar-refractivity contribution in [2.45, 2.75) is 59.1 Å². The fourth-order valence-corrected chi connectivity index (χ4v) is 2.80. The molecule has 7 nitrogen and oxygen atoms in total. The molecule has 0 radical (unpaired) electrons. The standard InChI is InChI=1S/C17H35N5O2.HI/c1-6-21-11-8-9-14(21)13-20-15(18)19-10-12-22(7-2)16(23)24-17(3,4)5;/h14H,6-13H2,1-5H3,(H3,18,19,20);1H. The fraction of sp³-hybridized carbons (Fsp3) is 0.882. The first kappa shape index (κ1) is 24.2. The topological polar surface area (TPSA) is 83.2 Å². The number of likely N-dealkylation sites (tertiary alicyclic amines) is 1. The molecule has 0 aliphatic carbocycles. The number of hydrogen-bond acceptors (Lipinski definition) is 4. The number of halogens is 1. The summed E-state index contributed by atoms with van der Waals surface area (Å²) in [5, 5.41) is 3.08. The molecule has 0 bridgehead atoms. The first-order chi connectivity index (χ1) is 11.3. The molecule has 1 heterocycles. The van der Waals surface area contributed by atoms with Gasteiger partial charge in [0.2, 0.25) is 0 Å². The van der Waals surface area contributed by atoms with Crippen molar-refractivity contribution in [2.75, 3.05) is 39.3 Å². The molecule has 3 N–H and O–H groups in total. The van der Waals surface area contributed by atoms with E-state index in [4.69, 9.17) is 10.5 Å². The summed E-state index contributed by atoms with van der Waals surface area (Å²) in [6, 6.07) is 0.504. The van der Waals surface area contributed by atoms with Gasteiger partial charge in [0.15, 0.2) is 5.96 Å². The summed E-state index contributed by atoms with van der Waals surface area (Å²) in [6.45, 7) is 14.4. The number of hydrogen-bond donors (Lipinski definition) is 2. The van der Waals surface area contributed by atoms with Gasteiger partial charge in [0.1, 0.15) is 5.60 Å². The van der Waals surface area contributed by atoms with Crippen LogP contribution in [0, 0.1) is 0 Å². The molecule has 1 unspecified atom stereocenters. The first-order valence-corrected chi connectivity index (χ1v) is 9.02. The SMILES string of the molecule is CCN(CCNC(N)=NCC1CCCN1CC)C(=O)OC(C)(C)C.I. The van der Waals surface area contributed by atoms with Crippen LogP contribution in [-0.4, -0.2) is 72.8 Å². The number of ether oxygens (including phenoxy) is 1. The predicted octanol–water partition coefficient (Wildman–Crippen LogP) is 2.25. The monoisotopic (exact) mass is 469 g/mol. The zero-order valence-electron chi connectivity index (χ0n) is 16.4. The summed E-state index contributed by atoms with van der Waals surface area (Å²) in [6.07, 6.45) is 2.13. The van der Waals surface area contributed by atoms with Gasteiger partial charge in [0, 0.05) is 25.7 Å². The van der Waals surface area contributed by atoms with Crippen LogP contribution in [0.2, 0.25) is 0 Å². The van der Waals surface area contributed by atoms with Crippen LogP contribution in [0.1, 0.15) is 47.5 Å². The van der Waals surface area contributed by atoms with Crippen LogP contribution in [0.3, 0.4) is 0 Å². The normalized spacial score (nSPS) is 18.6. The number of aliphatic imine (C=N–C) groups is 1. The summed E-state index contributed by atoms with van der Waals surface area (Å²) in [7, 11) is 0. The van der Waals surface area contributed by atoms with Crippen LogP contribution in [0.4, 0.5) is 4.79 Å². The molecule has 25 heavy (non-hydrogen) atoms. The molecule has 0 aromatic heterocycles. The van der Waals surface area contributed by atoms with E-state index in [1.54, 1.807) is 4.90 Å². The summed E-state index contributed by atoms with van der Waals surface area (Å²) < 4.78 is 5.38. The molecule has 8 heteroatoms. The Bertz CT molecular complexity index is 426. The third-order valence-electron chi connectivity index (χ3n) is 4.10. The van der Waals surface area contributed by atoms with Crippen molar-refractivity contribution >= 4 is 36.0 Å². The molecule has 1 atom stereocenters. The average Bonchev–Trinajstić information content (AvgIpc) is 2.95. The van der Waals surface area contributed by atoms with Crippen LogP contribution in [-0.2, 0) is 4.74 Å². The van der Waals surface area contributed by atoms with E-state index in [-0.39, 0.29) is 30.1 Å². The maximum Gasteiger partial charge on any atom is 0.410 e. The van der Waals surface area contributed by atoms with Gasteiger partial charge in [-0.3, -0.25) is 9.89 Å². The summed E-state index contributed by atoms with van der Waals surface area (Å²) in [4.78, 5) is 20.6. The second-order valence-corrected chi connectivity index (χ2v) is 7.14. The lowest BCUT2D eigenvalue weighted by atomic mass is 10.2. The Balaban J connectivity index is 0.00000576. The van der Waals surface area contributed by atoms with Gasteiger partial charge in [0.25, 0.3) is 0 Å². The van der Waals surface area contributed by atoms with Gasteiger partial charge < -0.3 is 20.7 Å². The van der Waals surface area contributed by atoms with Gasteiger partial charge >= 0.3 is 6.09 Å². The molecule has 1 rings (SSSR count). The minimum Gasteiger partial charge on any atom is -0.444 e. The second kappa shape index (κ2) is 11.8. The van der Waals surface area contributed by atoms with E-state index in [9.17, 15) is 4.79 Å². The minimum atomic E-state index is -0.481. The zero-order valence-corrected chi connectivity index (χ0v) is 18.7. The van der Waals surface area contributed by atoms with Crippen molar-refractivity contribution in [1.29, 1.82) is 0 Å². The first-order valence-electron chi connectivity index (χ1n) is 9.02. The Kier molecular flexibility index (Phi) is 11.4. The minimum absolute atomic E-state index is 0. The van der Waals surface area contributed by atoms with E-state index in [1.807, 2.05) is 27.7 Å². The van der Waals surface area contributed by atoms with E-state index < -0.39 is 5.60 Å². The highest BCUT2D eigenvalue weighted by molar-refractivity contribution is 14.0. The highest BCUT2D eigenvalue weighted by atomic mass is 127. The van der Waals surface area contributed by atoms with E-state index in [2.05, 4.69) is 22.1 Å². The average molecular weight is 469 g/mol. The zero-order chi connectivity index (χ0) is 18.2. The number of rotatable bonds is 7. The Morgan fingerprint density at radius 1 is 1.40 bits per heavy atom. The molecule has 148 valence electrons. The molecular weight excluding hydrogens is 433 g/mol. The molecule has 1 fully saturated rings. The van der Waals surface area contributed by atoms with Gasteiger partial charge in [0.05, 0.1) is 6.54 Å². The summed E-state index contributed by atoms with van der Waals surface area (Å²) >= 11 is 0. The van der Waals surface area contributed by atoms with Crippen molar-refractivity contribution in [3.63, 3.8) is 0 Å². The maximum absolute atomic E-state index is 12.0. The van der Waals surface area contributed by atoms with Crippen LogP contribution in [0.15, 0.2) is 4.99 Å². The highest BCUT2D eigenvalue weighted by Crippen LogP contribution is 2.16. The van der Waals surface area contributed by atoms with Gasteiger partial charge in [-0.25, -0.2) is 4.79 Å². The quantitative estimate of drug-likeness (QED) is 0.340. The molecule has 0 saturated carbocycles. The molecule has 0 aromatic carbocycles. The summed E-state index contributed by atoms with van der Waals surface area (Å²) in [5.74, 6) is 0.443. The molecule has 1 saturated heterocycles. The molecular formula is C17H36IN5O2. The van der Waals surface area contributed by atoms with E-state index in [0.717, 1.165) is 19.6 Å². The Morgan fingerprint density at radius 2 is 2.08 bits per heavy atom. The maximum atomic E-state index is 12.0. The van der Waals surface area contributed by atoms with Crippen molar-refractivity contribution in [1.82, 2.24) is 15.1 Å². The Hall–Kier alpha value is -0.770. The smallest absolute Gasteiger partial charge is 0.410 e. The van der Waals surface area contributed by atoms with Crippen LogP contribution in [0.25, 0.3) is 0 Å². The lowest BCUT2D eigenvalue weighted by molar-refractivity contribution is 0.0264. The van der Waals surface area contributed by atoms with Crippen molar-refractivity contribution in [3.05, 3.63) is 0 Å². The highest BCUT2D eigenvalue weighted by Gasteiger charge is 2.22. The number of nitrogens with zero attached hydrogens (tertiary/aromatic N) is 3. The van der Waals surface area contributed by atoms with Gasteiger partial charge in [-0.15, -0.1) is 24.0 Å². The number of nitrogens with two attached hydrogens (primary N) is 1. The molecule has 1 aliphatic rings. The Labute approximate surface area is 169 Å². The van der Waals surface area contributed by atoms with E-state index in [0.29, 0.717) is 31.6 Å². The summed E-state index contributed by atoms with van der Waals surface area (Å²) in [5.41, 5.74) is 5.45. The number of carbonyl (C=O) groups is 1. The number of amides is 1. The lowest BCUT2D eigenvalue weighted by Gasteiger charge is -2.26. The van der Waals surface area contributed by atoms with Gasteiger partial charge in [-0.05, 0) is 53.6 Å². The number of carbonyl (C=O) groups excluding carboxylic acids is 1. The molecule has 1 aliphatic heterocycles. The largest absolute Gasteiger partial charge is 0.444 e. The fourth-order valence-electron chi connectivity index (χ4n) is 2.80. The molecule has 1 amide bonds. The van der Waals surface area contributed by atoms with Crippen molar-refractivity contribution < 1.29 is 9.53 Å². The predicted molar refractivity (Wildman–Crippen MR) is 114 cm³/mol. The van der Waals surface area contributed by atoms with E-state index in [1.165, 1.54) is 12.8 Å².